The van der Waals surface area contributed by atoms with Crippen molar-refractivity contribution in [2.45, 2.75) is 26.4 Å². The first-order chi connectivity index (χ1) is 17.5. The average Bonchev–Trinajstić information content (AvgIpc) is 2.89. The van der Waals surface area contributed by atoms with Gasteiger partial charge in [0, 0.05) is 37.1 Å². The number of hydrogen-bond donors (Lipinski definition) is 0. The summed E-state index contributed by atoms with van der Waals surface area (Å²) in [6, 6.07) is 25.0. The fourth-order valence-corrected chi connectivity index (χ4v) is 4.42. The SMILES string of the molecule is Cc1cccc(Oc2nc(N(C)Cc3ccccc3)nc3c2CN(C(=O)c2ccc(Cl)cc2)CC3)c1. The van der Waals surface area contributed by atoms with Gasteiger partial charge in [-0.2, -0.15) is 4.98 Å². The molecule has 2 heterocycles. The number of fused-ring (bicyclic) bond motifs is 1. The molecule has 1 amide bonds. The van der Waals surface area contributed by atoms with Crippen LogP contribution >= 0.6 is 11.6 Å². The number of benzene rings is 3. The minimum Gasteiger partial charge on any atom is -0.438 e. The molecular weight excluding hydrogens is 472 g/mol. The zero-order valence-electron chi connectivity index (χ0n) is 20.3. The maximum Gasteiger partial charge on any atom is 0.254 e. The second kappa shape index (κ2) is 10.4. The molecule has 0 unspecified atom stereocenters. The summed E-state index contributed by atoms with van der Waals surface area (Å²) in [7, 11) is 1.98. The van der Waals surface area contributed by atoms with Crippen LogP contribution in [0.5, 0.6) is 11.6 Å². The molecule has 0 saturated heterocycles. The van der Waals surface area contributed by atoms with Crippen molar-refractivity contribution in [2.24, 2.45) is 0 Å². The minimum atomic E-state index is -0.0518. The van der Waals surface area contributed by atoms with Gasteiger partial charge in [0.2, 0.25) is 11.8 Å². The number of aromatic nitrogens is 2. The molecule has 0 spiro atoms. The fourth-order valence-electron chi connectivity index (χ4n) is 4.29. The zero-order chi connectivity index (χ0) is 25.1. The minimum absolute atomic E-state index is 0.0518. The molecular formula is C29H27ClN4O2. The number of carbonyl (C=O) groups is 1. The monoisotopic (exact) mass is 498 g/mol. The van der Waals surface area contributed by atoms with Crippen LogP contribution in [0.2, 0.25) is 5.02 Å². The van der Waals surface area contributed by atoms with Gasteiger partial charge in [0.1, 0.15) is 5.75 Å². The third-order valence-electron chi connectivity index (χ3n) is 6.20. The van der Waals surface area contributed by atoms with Crippen molar-refractivity contribution in [3.8, 4) is 11.6 Å². The molecule has 7 heteroatoms. The Balaban J connectivity index is 1.47. The molecule has 3 aromatic carbocycles. The van der Waals surface area contributed by atoms with E-state index in [9.17, 15) is 4.79 Å². The third kappa shape index (κ3) is 5.34. The van der Waals surface area contributed by atoms with Crippen LogP contribution in [0, 0.1) is 6.92 Å². The molecule has 36 heavy (non-hydrogen) atoms. The lowest BCUT2D eigenvalue weighted by atomic mass is 10.1. The van der Waals surface area contributed by atoms with Gasteiger partial charge in [0.15, 0.2) is 0 Å². The normalized spacial score (nSPS) is 12.7. The van der Waals surface area contributed by atoms with Gasteiger partial charge >= 0.3 is 0 Å². The van der Waals surface area contributed by atoms with E-state index in [4.69, 9.17) is 26.3 Å². The number of nitrogens with zero attached hydrogens (tertiary/aromatic N) is 4. The zero-order valence-corrected chi connectivity index (χ0v) is 21.1. The van der Waals surface area contributed by atoms with Crippen LogP contribution in [0.1, 0.15) is 32.7 Å². The molecule has 0 fully saturated rings. The Bertz CT molecular complexity index is 1380. The van der Waals surface area contributed by atoms with Gasteiger partial charge in [-0.1, -0.05) is 54.1 Å². The molecule has 0 bridgehead atoms. The molecule has 0 atom stereocenters. The summed E-state index contributed by atoms with van der Waals surface area (Å²) in [5, 5.41) is 0.602. The van der Waals surface area contributed by atoms with Crippen LogP contribution in [-0.4, -0.2) is 34.4 Å². The summed E-state index contributed by atoms with van der Waals surface area (Å²) in [6.07, 6.45) is 0.619. The summed E-state index contributed by atoms with van der Waals surface area (Å²) >= 11 is 6.01. The second-order valence-corrected chi connectivity index (χ2v) is 9.43. The molecule has 5 rings (SSSR count). The predicted octanol–water partition coefficient (Wildman–Crippen LogP) is 6.07. The van der Waals surface area contributed by atoms with Crippen LogP contribution in [0.25, 0.3) is 0 Å². The highest BCUT2D eigenvalue weighted by Crippen LogP contribution is 2.32. The highest BCUT2D eigenvalue weighted by Gasteiger charge is 2.28. The van der Waals surface area contributed by atoms with Crippen LogP contribution in [0.3, 0.4) is 0 Å². The summed E-state index contributed by atoms with van der Waals surface area (Å²) < 4.78 is 6.31. The Morgan fingerprint density at radius 2 is 1.81 bits per heavy atom. The van der Waals surface area contributed by atoms with E-state index in [1.807, 2.05) is 66.2 Å². The molecule has 1 aliphatic rings. The standard InChI is InChI=1S/C29H27ClN4O2/c1-20-7-6-10-24(17-20)36-27-25-19-34(28(35)22-11-13-23(30)14-12-22)16-15-26(25)31-29(32-27)33(2)18-21-8-4-3-5-9-21/h3-14,17H,15-16,18-19H2,1-2H3. The van der Waals surface area contributed by atoms with Gasteiger partial charge in [-0.3, -0.25) is 4.79 Å². The quantitative estimate of drug-likeness (QED) is 0.323. The predicted molar refractivity (Wildman–Crippen MR) is 142 cm³/mol. The number of amides is 1. The van der Waals surface area contributed by atoms with E-state index in [1.165, 1.54) is 5.56 Å². The van der Waals surface area contributed by atoms with Crippen molar-refractivity contribution in [1.82, 2.24) is 14.9 Å². The van der Waals surface area contributed by atoms with Crippen LogP contribution in [-0.2, 0) is 19.5 Å². The molecule has 0 radical (unpaired) electrons. The van der Waals surface area contributed by atoms with Crippen molar-refractivity contribution in [1.29, 1.82) is 0 Å². The van der Waals surface area contributed by atoms with E-state index in [0.29, 0.717) is 54.2 Å². The molecule has 182 valence electrons. The number of rotatable bonds is 6. The Labute approximate surface area is 216 Å². The Kier molecular flexibility index (Phi) is 6.87. The van der Waals surface area contributed by atoms with Gasteiger partial charge in [-0.05, 0) is 54.4 Å². The summed E-state index contributed by atoms with van der Waals surface area (Å²) in [5.74, 6) is 1.73. The lowest BCUT2D eigenvalue weighted by Crippen LogP contribution is -2.37. The van der Waals surface area contributed by atoms with Gasteiger partial charge in [0.05, 0.1) is 17.8 Å². The van der Waals surface area contributed by atoms with E-state index in [1.54, 1.807) is 24.3 Å². The topological polar surface area (TPSA) is 58.6 Å². The number of anilines is 1. The molecule has 6 nitrogen and oxygen atoms in total. The van der Waals surface area contributed by atoms with Gasteiger partial charge in [-0.25, -0.2) is 4.98 Å². The molecule has 1 aromatic heterocycles. The van der Waals surface area contributed by atoms with Gasteiger partial charge in [0.25, 0.3) is 5.91 Å². The number of aryl methyl sites for hydroxylation is 1. The lowest BCUT2D eigenvalue weighted by molar-refractivity contribution is 0.0732. The van der Waals surface area contributed by atoms with E-state index in [0.717, 1.165) is 16.8 Å². The fraction of sp³-hybridized carbons (Fsp3) is 0.207. The first-order valence-corrected chi connectivity index (χ1v) is 12.3. The van der Waals surface area contributed by atoms with Crippen molar-refractivity contribution in [3.63, 3.8) is 0 Å². The van der Waals surface area contributed by atoms with Crippen molar-refractivity contribution in [2.75, 3.05) is 18.5 Å². The maximum atomic E-state index is 13.2. The number of ether oxygens (including phenoxy) is 1. The average molecular weight is 499 g/mol. The van der Waals surface area contributed by atoms with Gasteiger partial charge in [-0.15, -0.1) is 0 Å². The van der Waals surface area contributed by atoms with Crippen molar-refractivity contribution < 1.29 is 9.53 Å². The third-order valence-corrected chi connectivity index (χ3v) is 6.45. The highest BCUT2D eigenvalue weighted by atomic mass is 35.5. The van der Waals surface area contributed by atoms with Crippen LogP contribution < -0.4 is 9.64 Å². The summed E-state index contributed by atoms with van der Waals surface area (Å²) in [4.78, 5) is 26.7. The molecule has 1 aliphatic heterocycles. The molecule has 0 N–H and O–H groups in total. The Hall–Kier alpha value is -3.90. The lowest BCUT2D eigenvalue weighted by Gasteiger charge is -2.30. The second-order valence-electron chi connectivity index (χ2n) is 9.00. The first kappa shape index (κ1) is 23.8. The number of carbonyl (C=O) groups excluding carboxylic acids is 1. The van der Waals surface area contributed by atoms with E-state index < -0.39 is 0 Å². The largest absolute Gasteiger partial charge is 0.438 e. The summed E-state index contributed by atoms with van der Waals surface area (Å²) in [5.41, 5.74) is 4.60. The number of halogens is 1. The van der Waals surface area contributed by atoms with E-state index >= 15 is 0 Å². The highest BCUT2D eigenvalue weighted by molar-refractivity contribution is 6.30. The van der Waals surface area contributed by atoms with E-state index in [-0.39, 0.29) is 5.91 Å². The molecule has 4 aromatic rings. The van der Waals surface area contributed by atoms with Crippen LogP contribution in [0.15, 0.2) is 78.9 Å². The van der Waals surface area contributed by atoms with Crippen molar-refractivity contribution >= 4 is 23.5 Å². The Morgan fingerprint density at radius 1 is 1.03 bits per heavy atom. The van der Waals surface area contributed by atoms with E-state index in [2.05, 4.69) is 12.1 Å². The van der Waals surface area contributed by atoms with Gasteiger partial charge < -0.3 is 14.5 Å². The van der Waals surface area contributed by atoms with Crippen LogP contribution in [0.4, 0.5) is 5.95 Å². The molecule has 0 saturated carbocycles. The number of hydrogen-bond acceptors (Lipinski definition) is 5. The maximum absolute atomic E-state index is 13.2. The molecule has 0 aliphatic carbocycles. The summed E-state index contributed by atoms with van der Waals surface area (Å²) in [6.45, 7) is 3.64. The smallest absolute Gasteiger partial charge is 0.254 e. The first-order valence-electron chi connectivity index (χ1n) is 11.9. The van der Waals surface area contributed by atoms with Crippen molar-refractivity contribution in [3.05, 3.63) is 112 Å². The Morgan fingerprint density at radius 3 is 2.56 bits per heavy atom.